The number of rotatable bonds is 5. The monoisotopic (exact) mass is 316 g/mol. The summed E-state index contributed by atoms with van der Waals surface area (Å²) in [5.41, 5.74) is 2.25. The average Bonchev–Trinajstić information content (AvgIpc) is 2.90. The average molecular weight is 316 g/mol. The Hall–Kier alpha value is -1.92. The van der Waals surface area contributed by atoms with Crippen LogP contribution in [-0.2, 0) is 6.42 Å². The van der Waals surface area contributed by atoms with E-state index in [9.17, 15) is 10.1 Å². The molecule has 0 saturated carbocycles. The second-order valence-corrected chi connectivity index (χ2v) is 6.85. The number of aromatic nitrogens is 1. The van der Waals surface area contributed by atoms with E-state index in [2.05, 4.69) is 17.1 Å². The van der Waals surface area contributed by atoms with Gasteiger partial charge in [-0.15, -0.1) is 11.3 Å². The van der Waals surface area contributed by atoms with Gasteiger partial charge in [-0.1, -0.05) is 42.1 Å². The lowest BCUT2D eigenvalue weighted by molar-refractivity contribution is -0.384. The first-order chi connectivity index (χ1) is 10.2. The van der Waals surface area contributed by atoms with Crippen LogP contribution in [0.1, 0.15) is 5.56 Å². The van der Waals surface area contributed by atoms with Crippen LogP contribution in [0.3, 0.4) is 0 Å². The molecule has 1 aromatic heterocycles. The number of fused-ring (bicyclic) bond motifs is 1. The van der Waals surface area contributed by atoms with Crippen molar-refractivity contribution >= 4 is 39.0 Å². The highest BCUT2D eigenvalue weighted by Gasteiger charge is 2.10. The summed E-state index contributed by atoms with van der Waals surface area (Å²) >= 11 is 3.20. The summed E-state index contributed by atoms with van der Waals surface area (Å²) in [5, 5.41) is 10.8. The van der Waals surface area contributed by atoms with E-state index in [0.29, 0.717) is 0 Å². The minimum absolute atomic E-state index is 0.118. The molecule has 1 heterocycles. The third-order valence-electron chi connectivity index (χ3n) is 3.02. The van der Waals surface area contributed by atoms with Crippen LogP contribution in [-0.4, -0.2) is 15.7 Å². The maximum atomic E-state index is 10.8. The Morgan fingerprint density at radius 3 is 2.76 bits per heavy atom. The van der Waals surface area contributed by atoms with Gasteiger partial charge in [-0.2, -0.15) is 0 Å². The molecule has 0 unspecified atom stereocenters. The first kappa shape index (κ1) is 14.0. The van der Waals surface area contributed by atoms with Crippen molar-refractivity contribution in [2.45, 2.75) is 10.8 Å². The molecule has 2 aromatic carbocycles. The third kappa shape index (κ3) is 3.40. The first-order valence-corrected chi connectivity index (χ1v) is 8.24. The van der Waals surface area contributed by atoms with Crippen LogP contribution in [0, 0.1) is 10.1 Å². The lowest BCUT2D eigenvalue weighted by Crippen LogP contribution is -1.87. The van der Waals surface area contributed by atoms with E-state index >= 15 is 0 Å². The highest BCUT2D eigenvalue weighted by molar-refractivity contribution is 8.01. The number of thiazole rings is 1. The van der Waals surface area contributed by atoms with Crippen molar-refractivity contribution in [3.63, 3.8) is 0 Å². The van der Waals surface area contributed by atoms with Crippen LogP contribution >= 0.6 is 23.1 Å². The van der Waals surface area contributed by atoms with Crippen molar-refractivity contribution in [1.29, 1.82) is 0 Å². The minimum Gasteiger partial charge on any atom is -0.258 e. The molecule has 6 heteroatoms. The number of aryl methyl sites for hydroxylation is 1. The van der Waals surface area contributed by atoms with Crippen LogP contribution in [0.15, 0.2) is 52.9 Å². The van der Waals surface area contributed by atoms with Crippen LogP contribution < -0.4 is 0 Å². The van der Waals surface area contributed by atoms with E-state index in [-0.39, 0.29) is 10.6 Å². The fourth-order valence-corrected chi connectivity index (χ4v) is 4.13. The Morgan fingerprint density at radius 1 is 1.19 bits per heavy atom. The zero-order chi connectivity index (χ0) is 14.7. The predicted molar refractivity (Wildman–Crippen MR) is 87.1 cm³/mol. The molecule has 0 N–H and O–H groups in total. The van der Waals surface area contributed by atoms with Gasteiger partial charge in [0.05, 0.1) is 15.1 Å². The standard InChI is InChI=1S/C15H12N2O2S2/c18-17(19)12-6-7-13-14(10-12)21-15(16-13)20-9-8-11-4-2-1-3-5-11/h1-7,10H,8-9H2. The summed E-state index contributed by atoms with van der Waals surface area (Å²) in [6.07, 6.45) is 0.988. The number of hydrogen-bond acceptors (Lipinski definition) is 5. The number of non-ortho nitro benzene ring substituents is 1. The molecule has 0 bridgehead atoms. The minimum atomic E-state index is -0.374. The molecule has 4 nitrogen and oxygen atoms in total. The molecule has 0 spiro atoms. The summed E-state index contributed by atoms with van der Waals surface area (Å²) in [6.45, 7) is 0. The topological polar surface area (TPSA) is 56.0 Å². The van der Waals surface area contributed by atoms with Gasteiger partial charge in [0, 0.05) is 17.9 Å². The predicted octanol–water partition coefficient (Wildman–Crippen LogP) is 4.54. The molecule has 0 aliphatic rings. The molecule has 3 aromatic rings. The van der Waals surface area contributed by atoms with E-state index < -0.39 is 0 Å². The number of nitro benzene ring substituents is 1. The molecule has 0 aliphatic heterocycles. The van der Waals surface area contributed by atoms with E-state index in [1.807, 2.05) is 18.2 Å². The largest absolute Gasteiger partial charge is 0.270 e. The van der Waals surface area contributed by atoms with Crippen molar-refractivity contribution < 1.29 is 4.92 Å². The van der Waals surface area contributed by atoms with Crippen molar-refractivity contribution in [1.82, 2.24) is 4.98 Å². The smallest absolute Gasteiger partial charge is 0.258 e. The normalized spacial score (nSPS) is 10.9. The maximum absolute atomic E-state index is 10.8. The summed E-state index contributed by atoms with van der Waals surface area (Å²) in [6, 6.07) is 15.1. The van der Waals surface area contributed by atoms with Crippen molar-refractivity contribution in [2.75, 3.05) is 5.75 Å². The van der Waals surface area contributed by atoms with Gasteiger partial charge in [0.25, 0.3) is 5.69 Å². The van der Waals surface area contributed by atoms with E-state index in [1.54, 1.807) is 23.9 Å². The maximum Gasteiger partial charge on any atom is 0.270 e. The van der Waals surface area contributed by atoms with Gasteiger partial charge in [-0.05, 0) is 18.1 Å². The van der Waals surface area contributed by atoms with Crippen molar-refractivity contribution in [2.24, 2.45) is 0 Å². The molecule has 3 rings (SSSR count). The molecule has 21 heavy (non-hydrogen) atoms. The number of hydrogen-bond donors (Lipinski definition) is 0. The van der Waals surface area contributed by atoms with Gasteiger partial charge >= 0.3 is 0 Å². The molecule has 0 radical (unpaired) electrons. The van der Waals surface area contributed by atoms with Gasteiger partial charge in [-0.3, -0.25) is 10.1 Å². The van der Waals surface area contributed by atoms with Crippen LogP contribution in [0.5, 0.6) is 0 Å². The second kappa shape index (κ2) is 6.24. The third-order valence-corrected chi connectivity index (χ3v) is 5.19. The van der Waals surface area contributed by atoms with Gasteiger partial charge < -0.3 is 0 Å². The second-order valence-electron chi connectivity index (χ2n) is 4.47. The Bertz CT molecular complexity index is 772. The number of benzene rings is 2. The molecule has 0 fully saturated rings. The lowest BCUT2D eigenvalue weighted by atomic mass is 10.2. The summed E-state index contributed by atoms with van der Waals surface area (Å²) in [5.74, 6) is 0.950. The molecular formula is C15H12N2O2S2. The Balaban J connectivity index is 1.68. The van der Waals surface area contributed by atoms with Crippen LogP contribution in [0.4, 0.5) is 5.69 Å². The zero-order valence-corrected chi connectivity index (χ0v) is 12.7. The zero-order valence-electron chi connectivity index (χ0n) is 11.1. The molecule has 106 valence electrons. The van der Waals surface area contributed by atoms with Gasteiger partial charge in [0.2, 0.25) is 0 Å². The Labute approximate surface area is 130 Å². The highest BCUT2D eigenvalue weighted by atomic mass is 32.2. The number of nitrogens with zero attached hydrogens (tertiary/aromatic N) is 2. The number of thioether (sulfide) groups is 1. The molecule has 0 amide bonds. The molecular weight excluding hydrogens is 304 g/mol. The van der Waals surface area contributed by atoms with Crippen molar-refractivity contribution in [3.05, 3.63) is 64.2 Å². The first-order valence-electron chi connectivity index (χ1n) is 6.44. The summed E-state index contributed by atoms with van der Waals surface area (Å²) in [4.78, 5) is 14.9. The number of nitro groups is 1. The Morgan fingerprint density at radius 2 is 2.00 bits per heavy atom. The van der Waals surface area contributed by atoms with Crippen LogP contribution in [0.2, 0.25) is 0 Å². The summed E-state index contributed by atoms with van der Waals surface area (Å²) in [7, 11) is 0. The van der Waals surface area contributed by atoms with Gasteiger partial charge in [-0.25, -0.2) is 4.98 Å². The Kier molecular flexibility index (Phi) is 4.17. The van der Waals surface area contributed by atoms with Gasteiger partial charge in [0.1, 0.15) is 0 Å². The molecule has 0 saturated heterocycles. The fraction of sp³-hybridized carbons (Fsp3) is 0.133. The van der Waals surface area contributed by atoms with E-state index in [0.717, 1.165) is 26.7 Å². The van der Waals surface area contributed by atoms with E-state index in [1.165, 1.54) is 23.0 Å². The fourth-order valence-electron chi connectivity index (χ4n) is 1.97. The quantitative estimate of drug-likeness (QED) is 0.394. The molecule has 0 atom stereocenters. The molecule has 0 aliphatic carbocycles. The van der Waals surface area contributed by atoms with E-state index in [4.69, 9.17) is 0 Å². The SMILES string of the molecule is O=[N+]([O-])c1ccc2nc(SCCc3ccccc3)sc2c1. The lowest BCUT2D eigenvalue weighted by Gasteiger charge is -1.98. The van der Waals surface area contributed by atoms with Gasteiger partial charge in [0.15, 0.2) is 4.34 Å². The summed E-state index contributed by atoms with van der Waals surface area (Å²) < 4.78 is 1.83. The highest BCUT2D eigenvalue weighted by Crippen LogP contribution is 2.32. The van der Waals surface area contributed by atoms with Crippen LogP contribution in [0.25, 0.3) is 10.2 Å². The van der Waals surface area contributed by atoms with Crippen molar-refractivity contribution in [3.8, 4) is 0 Å².